The van der Waals surface area contributed by atoms with Crippen LogP contribution < -0.4 is 11.2 Å². The Kier molecular flexibility index (Phi) is 14.8. The number of Topliss-reactive ketones (excluding diaryl/α,β-unsaturated/α-hetero) is 1. The van der Waals surface area contributed by atoms with Gasteiger partial charge in [-0.15, -0.1) is 0 Å². The molecule has 45 heavy (non-hydrogen) atoms. The van der Waals surface area contributed by atoms with E-state index in [0.29, 0.717) is 0 Å². The lowest BCUT2D eigenvalue weighted by molar-refractivity contribution is -0.165. The van der Waals surface area contributed by atoms with E-state index in [1.807, 2.05) is 4.98 Å². The predicted molar refractivity (Wildman–Crippen MR) is 151 cm³/mol. The monoisotopic (exact) mass is 822 g/mol. The average Bonchev–Trinajstić information content (AvgIpc) is 3.26. The minimum Gasteiger partial charge on any atom is -0.459 e. The van der Waals surface area contributed by atoms with Crippen LogP contribution in [0.5, 0.6) is 0 Å². The van der Waals surface area contributed by atoms with Crippen molar-refractivity contribution in [3.05, 3.63) is 33.1 Å². The van der Waals surface area contributed by atoms with Crippen LogP contribution in [-0.2, 0) is 41.6 Å². The highest BCUT2D eigenvalue weighted by Gasteiger charge is 2.46. The number of ketones is 1. The number of phosphoric acid groups is 2. The van der Waals surface area contributed by atoms with Gasteiger partial charge in [-0.2, -0.15) is 4.31 Å². The molecule has 0 spiro atoms. The number of aromatic amines is 1. The average molecular weight is 824 g/mol. The standard InChI is InChI=1S/C20H30Br2N2O19P2/c21-5-20(6-22,7-39-18(33)16(32)14(30)12(28)9(26)3-25)8-41-45(37,38)43-44(35,36)40-4-10-13(29)15(31)17(42-10)24-2-1-11(27)23-19(24)34/h1-2,9-10,12-15,17,25-26,28-31H,3-8H2,(H,35,36)(H,37,38)(H,23,27,34)/t9-,10+,12+,13+,14-,15+,17+/m0/s1. The Morgan fingerprint density at radius 3 is 2.20 bits per heavy atom. The van der Waals surface area contributed by atoms with Gasteiger partial charge in [0.15, 0.2) is 12.3 Å². The van der Waals surface area contributed by atoms with Gasteiger partial charge in [0.25, 0.3) is 11.3 Å². The van der Waals surface area contributed by atoms with Crippen molar-refractivity contribution in [2.24, 2.45) is 5.41 Å². The molecule has 9 atom stereocenters. The molecular weight excluding hydrogens is 794 g/mol. The highest BCUT2D eigenvalue weighted by molar-refractivity contribution is 9.09. The summed E-state index contributed by atoms with van der Waals surface area (Å²) in [7, 11) is -10.9. The van der Waals surface area contributed by atoms with Gasteiger partial charge in [-0.25, -0.2) is 18.7 Å². The number of esters is 1. The summed E-state index contributed by atoms with van der Waals surface area (Å²) in [5, 5.41) is 57.5. The number of aliphatic hydroxyl groups excluding tert-OH is 6. The van der Waals surface area contributed by atoms with E-state index in [2.05, 4.69) is 40.7 Å². The molecule has 1 fully saturated rings. The summed E-state index contributed by atoms with van der Waals surface area (Å²) in [5.41, 5.74) is -3.22. The fraction of sp³-hybridized carbons (Fsp3) is 0.700. The van der Waals surface area contributed by atoms with Crippen molar-refractivity contribution >= 4 is 59.3 Å². The Bertz CT molecular complexity index is 1390. The van der Waals surface area contributed by atoms with Crippen LogP contribution in [0.3, 0.4) is 0 Å². The number of aliphatic hydroxyl groups is 6. The van der Waals surface area contributed by atoms with Gasteiger partial charge >= 0.3 is 27.3 Å². The first-order valence-corrected chi connectivity index (χ1v) is 17.5. The Hall–Kier alpha value is -1.24. The van der Waals surface area contributed by atoms with Crippen molar-refractivity contribution in [3.63, 3.8) is 0 Å². The van der Waals surface area contributed by atoms with E-state index >= 15 is 0 Å². The van der Waals surface area contributed by atoms with Crippen molar-refractivity contribution in [3.8, 4) is 0 Å². The van der Waals surface area contributed by atoms with E-state index in [1.54, 1.807) is 0 Å². The molecule has 0 radical (unpaired) electrons. The molecule has 2 heterocycles. The van der Waals surface area contributed by atoms with Crippen LogP contribution in [0.25, 0.3) is 0 Å². The molecule has 0 aromatic carbocycles. The largest absolute Gasteiger partial charge is 0.481 e. The number of halogens is 2. The molecule has 0 aliphatic carbocycles. The number of nitrogens with zero attached hydrogens (tertiary/aromatic N) is 1. The van der Waals surface area contributed by atoms with Gasteiger partial charge in [0.1, 0.15) is 37.1 Å². The maximum Gasteiger partial charge on any atom is 0.481 e. The first-order valence-electron chi connectivity index (χ1n) is 12.3. The minimum atomic E-state index is -5.47. The number of rotatable bonds is 18. The smallest absolute Gasteiger partial charge is 0.459 e. The molecule has 0 saturated carbocycles. The number of hydrogen-bond acceptors (Lipinski definition) is 17. The van der Waals surface area contributed by atoms with Gasteiger partial charge in [-0.1, -0.05) is 31.9 Å². The number of carbonyl (C=O) groups is 2. The van der Waals surface area contributed by atoms with Crippen LogP contribution in [0.15, 0.2) is 21.9 Å². The highest BCUT2D eigenvalue weighted by Crippen LogP contribution is 2.61. The van der Waals surface area contributed by atoms with Crippen LogP contribution in [0, 0.1) is 5.41 Å². The van der Waals surface area contributed by atoms with E-state index in [0.717, 1.165) is 16.8 Å². The number of ether oxygens (including phenoxy) is 2. The van der Waals surface area contributed by atoms with Crippen LogP contribution >= 0.6 is 47.5 Å². The summed E-state index contributed by atoms with van der Waals surface area (Å²) in [6.45, 7) is -3.65. The van der Waals surface area contributed by atoms with Gasteiger partial charge in [0.2, 0.25) is 0 Å². The molecule has 9 N–H and O–H groups in total. The fourth-order valence-corrected chi connectivity index (χ4v) is 7.17. The molecule has 0 bridgehead atoms. The van der Waals surface area contributed by atoms with Gasteiger partial charge < -0.3 is 49.9 Å². The van der Waals surface area contributed by atoms with Crippen LogP contribution in [0.1, 0.15) is 6.23 Å². The van der Waals surface area contributed by atoms with E-state index in [4.69, 9.17) is 19.1 Å². The van der Waals surface area contributed by atoms with E-state index < -0.39 is 113 Å². The third kappa shape index (κ3) is 10.9. The third-order valence-electron chi connectivity index (χ3n) is 6.06. The van der Waals surface area contributed by atoms with Gasteiger partial charge in [0, 0.05) is 28.3 Å². The first kappa shape index (κ1) is 39.9. The third-order valence-corrected chi connectivity index (χ3v) is 11.0. The number of nitrogens with one attached hydrogen (secondary N) is 1. The number of carbonyl (C=O) groups excluding carboxylic acids is 2. The Labute approximate surface area is 268 Å². The molecule has 1 aromatic rings. The second kappa shape index (κ2) is 16.7. The first-order chi connectivity index (χ1) is 20.8. The molecule has 258 valence electrons. The zero-order chi connectivity index (χ0) is 34.3. The molecular formula is C20H30Br2N2O19P2. The van der Waals surface area contributed by atoms with Gasteiger partial charge in [-0.3, -0.25) is 28.2 Å². The number of aromatic nitrogens is 2. The fourth-order valence-electron chi connectivity index (χ4n) is 3.40. The Morgan fingerprint density at radius 2 is 1.64 bits per heavy atom. The molecule has 0 amide bonds. The summed E-state index contributed by atoms with van der Waals surface area (Å²) < 4.78 is 49.1. The zero-order valence-corrected chi connectivity index (χ0v) is 27.6. The lowest BCUT2D eigenvalue weighted by atomic mass is 9.96. The van der Waals surface area contributed by atoms with Crippen LogP contribution in [0.4, 0.5) is 0 Å². The van der Waals surface area contributed by atoms with Crippen molar-refractivity contribution in [2.45, 2.75) is 42.9 Å². The molecule has 2 unspecified atom stereocenters. The zero-order valence-electron chi connectivity index (χ0n) is 22.6. The molecule has 1 saturated heterocycles. The van der Waals surface area contributed by atoms with Crippen molar-refractivity contribution in [2.75, 3.05) is 37.1 Å². The number of alkyl halides is 2. The predicted octanol–water partition coefficient (Wildman–Crippen LogP) is -3.63. The molecule has 25 heteroatoms. The lowest BCUT2D eigenvalue weighted by Gasteiger charge is -2.30. The summed E-state index contributed by atoms with van der Waals surface area (Å²) in [5.74, 6) is -3.38. The van der Waals surface area contributed by atoms with Crippen LogP contribution in [0.2, 0.25) is 0 Å². The van der Waals surface area contributed by atoms with Crippen molar-refractivity contribution in [1.82, 2.24) is 9.55 Å². The summed E-state index contributed by atoms with van der Waals surface area (Å²) in [6.07, 6.45) is -12.4. The van der Waals surface area contributed by atoms with E-state index in [9.17, 15) is 63.6 Å². The van der Waals surface area contributed by atoms with Gasteiger partial charge in [0.05, 0.1) is 19.8 Å². The Balaban J connectivity index is 1.98. The molecule has 1 aromatic heterocycles. The maximum absolute atomic E-state index is 12.4. The van der Waals surface area contributed by atoms with E-state index in [1.165, 1.54) is 0 Å². The number of phosphoric ester groups is 2. The molecule has 2 rings (SSSR count). The lowest BCUT2D eigenvalue weighted by Crippen LogP contribution is -2.47. The second-order valence-electron chi connectivity index (χ2n) is 9.54. The van der Waals surface area contributed by atoms with Crippen molar-refractivity contribution in [1.29, 1.82) is 0 Å². The normalized spacial score (nSPS) is 25.1. The summed E-state index contributed by atoms with van der Waals surface area (Å²) in [4.78, 5) is 69.2. The topological polar surface area (TPSA) is 331 Å². The summed E-state index contributed by atoms with van der Waals surface area (Å²) in [6, 6.07) is 0.925. The quantitative estimate of drug-likeness (QED) is 0.0298. The molecule has 1 aliphatic heterocycles. The van der Waals surface area contributed by atoms with Gasteiger partial charge in [-0.05, 0) is 0 Å². The Morgan fingerprint density at radius 1 is 1.04 bits per heavy atom. The molecule has 21 nitrogen and oxygen atoms in total. The number of H-pyrrole nitrogens is 1. The van der Waals surface area contributed by atoms with E-state index in [-0.39, 0.29) is 10.7 Å². The molecule has 1 aliphatic rings. The minimum absolute atomic E-state index is 0.160. The van der Waals surface area contributed by atoms with Crippen molar-refractivity contribution < 1.29 is 82.0 Å². The number of hydrogen-bond donors (Lipinski definition) is 9. The van der Waals surface area contributed by atoms with Crippen LogP contribution in [-0.4, -0.2) is 135 Å². The highest BCUT2D eigenvalue weighted by atomic mass is 79.9. The second-order valence-corrected chi connectivity index (χ2v) is 13.7. The maximum atomic E-state index is 12.4. The SMILES string of the molecule is O=C(OCC(CBr)(CBr)COP(=O)(O)OP(=O)(O)OC[C@H]1O[C@@H](n2ccc(=O)[nH]c2=O)[C@H](O)[C@@H]1O)C(=O)[C@@H](O)[C@H](O)[C@@H](O)CO. The summed E-state index contributed by atoms with van der Waals surface area (Å²) >= 11 is 6.12.